The molecule has 0 bridgehead atoms. The quantitative estimate of drug-likeness (QED) is 0.893. The maximum Gasteiger partial charge on any atom is 0.416 e. The molecule has 0 aliphatic heterocycles. The summed E-state index contributed by atoms with van der Waals surface area (Å²) in [6.45, 7) is 5.54. The van der Waals surface area contributed by atoms with Gasteiger partial charge in [-0.1, -0.05) is 12.1 Å². The van der Waals surface area contributed by atoms with Gasteiger partial charge in [-0.2, -0.15) is 13.2 Å². The number of hydrogen-bond acceptors (Lipinski definition) is 2. The Morgan fingerprint density at radius 2 is 1.55 bits per heavy atom. The maximum absolute atomic E-state index is 12.5. The molecule has 1 aromatic heterocycles. The Bertz CT molecular complexity index is 611. The van der Waals surface area contributed by atoms with E-state index in [1.807, 2.05) is 13.8 Å². The van der Waals surface area contributed by atoms with Crippen molar-refractivity contribution in [3.05, 3.63) is 58.0 Å². The van der Waals surface area contributed by atoms with Gasteiger partial charge in [0.2, 0.25) is 0 Å². The van der Waals surface area contributed by atoms with Crippen LogP contribution < -0.4 is 5.73 Å². The molecule has 2 rings (SSSR count). The monoisotopic (exact) mass is 283 g/mol. The van der Waals surface area contributed by atoms with E-state index in [9.17, 15) is 13.2 Å². The van der Waals surface area contributed by atoms with E-state index in [1.165, 1.54) is 12.1 Å². The first-order valence-electron chi connectivity index (χ1n) is 6.21. The van der Waals surface area contributed by atoms with Gasteiger partial charge in [-0.15, -0.1) is 0 Å². The summed E-state index contributed by atoms with van der Waals surface area (Å²) in [7, 11) is 0. The highest BCUT2D eigenvalue weighted by Crippen LogP contribution is 2.33. The fourth-order valence-electron chi connectivity index (χ4n) is 2.31. The van der Waals surface area contributed by atoms with Crippen molar-refractivity contribution in [1.29, 1.82) is 0 Å². The third kappa shape index (κ3) is 2.58. The predicted molar refractivity (Wildman–Crippen MR) is 70.4 cm³/mol. The lowest BCUT2D eigenvalue weighted by molar-refractivity contribution is -0.137. The molecule has 0 aliphatic rings. The Balaban J connectivity index is 2.37. The van der Waals surface area contributed by atoms with Crippen LogP contribution in [0.5, 0.6) is 0 Å². The van der Waals surface area contributed by atoms with Gasteiger partial charge in [0, 0.05) is 5.56 Å². The molecule has 0 amide bonds. The van der Waals surface area contributed by atoms with Crippen LogP contribution in [-0.2, 0) is 6.18 Å². The van der Waals surface area contributed by atoms with Crippen LogP contribution in [0.1, 0.15) is 39.8 Å². The molecule has 5 heteroatoms. The molecule has 1 heterocycles. The van der Waals surface area contributed by atoms with Gasteiger partial charge in [-0.05, 0) is 44.0 Å². The number of furan rings is 1. The first-order chi connectivity index (χ1) is 9.21. The molecule has 0 saturated heterocycles. The zero-order valence-electron chi connectivity index (χ0n) is 11.5. The molecule has 2 N–H and O–H groups in total. The first kappa shape index (κ1) is 14.7. The van der Waals surface area contributed by atoms with E-state index in [4.69, 9.17) is 10.2 Å². The van der Waals surface area contributed by atoms with E-state index < -0.39 is 17.8 Å². The number of rotatable bonds is 2. The second kappa shape index (κ2) is 4.98. The van der Waals surface area contributed by atoms with E-state index in [0.717, 1.165) is 29.0 Å². The highest BCUT2D eigenvalue weighted by atomic mass is 19.4. The second-order valence-electron chi connectivity index (χ2n) is 4.85. The number of halogens is 3. The molecule has 108 valence electrons. The average molecular weight is 283 g/mol. The van der Waals surface area contributed by atoms with Gasteiger partial charge < -0.3 is 10.2 Å². The summed E-state index contributed by atoms with van der Waals surface area (Å²) in [4.78, 5) is 0. The molecule has 2 aromatic rings. The summed E-state index contributed by atoms with van der Waals surface area (Å²) >= 11 is 0. The van der Waals surface area contributed by atoms with Gasteiger partial charge in [0.1, 0.15) is 11.5 Å². The largest absolute Gasteiger partial charge is 0.466 e. The van der Waals surface area contributed by atoms with Crippen LogP contribution in [0.2, 0.25) is 0 Å². The number of aryl methyl sites for hydroxylation is 2. The van der Waals surface area contributed by atoms with Crippen molar-refractivity contribution in [2.75, 3.05) is 0 Å². The predicted octanol–water partition coefficient (Wildman–Crippen LogP) is 4.27. The van der Waals surface area contributed by atoms with Crippen molar-refractivity contribution in [3.63, 3.8) is 0 Å². The summed E-state index contributed by atoms with van der Waals surface area (Å²) < 4.78 is 43.1. The lowest BCUT2D eigenvalue weighted by atomic mass is 9.95. The Morgan fingerprint density at radius 1 is 1.00 bits per heavy atom. The van der Waals surface area contributed by atoms with Crippen LogP contribution >= 0.6 is 0 Å². The minimum Gasteiger partial charge on any atom is -0.466 e. The van der Waals surface area contributed by atoms with Gasteiger partial charge in [0.05, 0.1) is 11.6 Å². The lowest BCUT2D eigenvalue weighted by Gasteiger charge is -2.14. The number of nitrogens with two attached hydrogens (primary N) is 1. The third-order valence-electron chi connectivity index (χ3n) is 3.53. The zero-order chi connectivity index (χ0) is 15.1. The van der Waals surface area contributed by atoms with Gasteiger partial charge in [-0.3, -0.25) is 0 Å². The Morgan fingerprint density at radius 3 is 1.95 bits per heavy atom. The lowest BCUT2D eigenvalue weighted by Crippen LogP contribution is -2.14. The third-order valence-corrected chi connectivity index (χ3v) is 3.53. The standard InChI is InChI=1S/C15H16F3NO/c1-8-9(2)20-10(3)13(8)14(19)11-4-6-12(7-5-11)15(16,17)18/h4-7,14H,19H2,1-3H3. The van der Waals surface area contributed by atoms with Gasteiger partial charge in [-0.25, -0.2) is 0 Å². The maximum atomic E-state index is 12.5. The first-order valence-corrected chi connectivity index (χ1v) is 6.21. The Kier molecular flexibility index (Phi) is 3.65. The minimum atomic E-state index is -4.33. The van der Waals surface area contributed by atoms with Crippen LogP contribution in [0.3, 0.4) is 0 Å². The highest BCUT2D eigenvalue weighted by Gasteiger charge is 2.30. The molecular formula is C15H16F3NO. The van der Waals surface area contributed by atoms with E-state index in [0.29, 0.717) is 11.3 Å². The molecule has 0 aliphatic carbocycles. The summed E-state index contributed by atoms with van der Waals surface area (Å²) in [5.74, 6) is 1.48. The van der Waals surface area contributed by atoms with Crippen LogP contribution in [0, 0.1) is 20.8 Å². The normalized spacial score (nSPS) is 13.6. The molecule has 1 unspecified atom stereocenters. The van der Waals surface area contributed by atoms with Crippen molar-refractivity contribution in [3.8, 4) is 0 Å². The van der Waals surface area contributed by atoms with Crippen LogP contribution in [0.25, 0.3) is 0 Å². The fraction of sp³-hybridized carbons (Fsp3) is 0.333. The number of alkyl halides is 3. The molecule has 0 radical (unpaired) electrons. The smallest absolute Gasteiger partial charge is 0.416 e. The summed E-state index contributed by atoms with van der Waals surface area (Å²) in [5.41, 5.74) is 7.88. The molecule has 1 atom stereocenters. The van der Waals surface area contributed by atoms with E-state index in [1.54, 1.807) is 6.92 Å². The van der Waals surface area contributed by atoms with Crippen molar-refractivity contribution < 1.29 is 17.6 Å². The van der Waals surface area contributed by atoms with Crippen molar-refractivity contribution in [1.82, 2.24) is 0 Å². The highest BCUT2D eigenvalue weighted by molar-refractivity contribution is 5.41. The summed E-state index contributed by atoms with van der Waals surface area (Å²) in [6, 6.07) is 4.43. The van der Waals surface area contributed by atoms with Crippen molar-refractivity contribution in [2.45, 2.75) is 33.0 Å². The molecular weight excluding hydrogens is 267 g/mol. The fourth-order valence-corrected chi connectivity index (χ4v) is 2.31. The topological polar surface area (TPSA) is 39.2 Å². The van der Waals surface area contributed by atoms with Gasteiger partial charge in [0.25, 0.3) is 0 Å². The summed E-state index contributed by atoms with van der Waals surface area (Å²) in [5, 5.41) is 0. The van der Waals surface area contributed by atoms with Crippen LogP contribution in [-0.4, -0.2) is 0 Å². The van der Waals surface area contributed by atoms with Crippen LogP contribution in [0.15, 0.2) is 28.7 Å². The molecule has 1 aromatic carbocycles. The van der Waals surface area contributed by atoms with Gasteiger partial charge in [0.15, 0.2) is 0 Å². The second-order valence-corrected chi connectivity index (χ2v) is 4.85. The Hall–Kier alpha value is -1.75. The van der Waals surface area contributed by atoms with Crippen LogP contribution in [0.4, 0.5) is 13.2 Å². The average Bonchev–Trinajstić information content (AvgIpc) is 2.62. The van der Waals surface area contributed by atoms with Crippen molar-refractivity contribution in [2.24, 2.45) is 5.73 Å². The van der Waals surface area contributed by atoms with E-state index in [2.05, 4.69) is 0 Å². The van der Waals surface area contributed by atoms with Crippen molar-refractivity contribution >= 4 is 0 Å². The number of benzene rings is 1. The molecule has 0 spiro atoms. The minimum absolute atomic E-state index is 0.491. The molecule has 20 heavy (non-hydrogen) atoms. The van der Waals surface area contributed by atoms with E-state index >= 15 is 0 Å². The molecule has 0 saturated carbocycles. The number of hydrogen-bond donors (Lipinski definition) is 1. The molecule has 2 nitrogen and oxygen atoms in total. The van der Waals surface area contributed by atoms with Gasteiger partial charge >= 0.3 is 6.18 Å². The molecule has 0 fully saturated rings. The zero-order valence-corrected chi connectivity index (χ0v) is 11.5. The summed E-state index contributed by atoms with van der Waals surface area (Å²) in [6.07, 6.45) is -4.33. The Labute approximate surface area is 115 Å². The van der Waals surface area contributed by atoms with E-state index in [-0.39, 0.29) is 0 Å². The SMILES string of the molecule is Cc1oc(C)c(C(N)c2ccc(C(F)(F)F)cc2)c1C.